The van der Waals surface area contributed by atoms with E-state index in [1.165, 1.54) is 12.8 Å². The first-order chi connectivity index (χ1) is 9.77. The van der Waals surface area contributed by atoms with Gasteiger partial charge < -0.3 is 4.74 Å². The summed E-state index contributed by atoms with van der Waals surface area (Å²) < 4.78 is 6.01. The lowest BCUT2D eigenvalue weighted by atomic mass is 9.81. The third kappa shape index (κ3) is 3.09. The Bertz CT molecular complexity index is 451. The maximum atomic E-state index is 12.4. The molecule has 3 nitrogen and oxygen atoms in total. The van der Waals surface area contributed by atoms with Gasteiger partial charge in [-0.1, -0.05) is 18.9 Å². The molecule has 2 heterocycles. The smallest absolute Gasteiger partial charge is 0.136 e. The van der Waals surface area contributed by atoms with Crippen molar-refractivity contribution in [2.24, 2.45) is 5.92 Å². The Kier molecular flexibility index (Phi) is 4.16. The van der Waals surface area contributed by atoms with Crippen molar-refractivity contribution in [3.05, 3.63) is 30.1 Å². The molecule has 3 heteroatoms. The summed E-state index contributed by atoms with van der Waals surface area (Å²) in [6, 6.07) is 5.89. The molecule has 108 valence electrons. The average Bonchev–Trinajstić information content (AvgIpc) is 2.93. The number of aromatic nitrogens is 1. The standard InChI is InChI=1S/C17H23NO2/c19-16(7-6-15-5-1-4-11-18-15)14-8-12-20-17(13-14)9-2-3-10-17/h1,4-5,11,14H,2-3,6-10,12-13H2. The molecule has 3 rings (SSSR count). The Balaban J connectivity index is 1.54. The summed E-state index contributed by atoms with van der Waals surface area (Å²) in [7, 11) is 0. The maximum absolute atomic E-state index is 12.4. The van der Waals surface area contributed by atoms with Crippen LogP contribution in [0.15, 0.2) is 24.4 Å². The van der Waals surface area contributed by atoms with Crippen LogP contribution in [0, 0.1) is 5.92 Å². The summed E-state index contributed by atoms with van der Waals surface area (Å²) in [5.41, 5.74) is 1.06. The molecule has 1 unspecified atom stereocenters. The zero-order chi connectivity index (χ0) is 13.8. The predicted octanol–water partition coefficient (Wildman–Crippen LogP) is 3.32. The van der Waals surface area contributed by atoms with Gasteiger partial charge in [0.25, 0.3) is 0 Å². The normalized spacial score (nSPS) is 24.9. The molecule has 0 amide bonds. The molecule has 1 aromatic heterocycles. The van der Waals surface area contributed by atoms with Gasteiger partial charge in [0, 0.05) is 30.8 Å². The van der Waals surface area contributed by atoms with Gasteiger partial charge in [-0.15, -0.1) is 0 Å². The average molecular weight is 273 g/mol. The van der Waals surface area contributed by atoms with E-state index in [0.717, 1.165) is 44.4 Å². The first-order valence-electron chi connectivity index (χ1n) is 7.84. The van der Waals surface area contributed by atoms with Crippen molar-refractivity contribution in [3.63, 3.8) is 0 Å². The van der Waals surface area contributed by atoms with Gasteiger partial charge in [0.15, 0.2) is 0 Å². The largest absolute Gasteiger partial charge is 0.375 e. The van der Waals surface area contributed by atoms with Crippen LogP contribution >= 0.6 is 0 Å². The maximum Gasteiger partial charge on any atom is 0.136 e. The molecular formula is C17H23NO2. The van der Waals surface area contributed by atoms with Crippen molar-refractivity contribution in [2.45, 2.75) is 57.0 Å². The summed E-state index contributed by atoms with van der Waals surface area (Å²) >= 11 is 0. The summed E-state index contributed by atoms with van der Waals surface area (Å²) in [5, 5.41) is 0. The van der Waals surface area contributed by atoms with Crippen molar-refractivity contribution in [2.75, 3.05) is 6.61 Å². The number of carbonyl (C=O) groups is 1. The number of ether oxygens (including phenoxy) is 1. The minimum atomic E-state index is 0.0452. The highest BCUT2D eigenvalue weighted by Gasteiger charge is 2.41. The molecule has 0 radical (unpaired) electrons. The summed E-state index contributed by atoms with van der Waals surface area (Å²) in [6.45, 7) is 0.764. The quantitative estimate of drug-likeness (QED) is 0.844. The Hall–Kier alpha value is -1.22. The van der Waals surface area contributed by atoms with E-state index in [-0.39, 0.29) is 11.5 Å². The van der Waals surface area contributed by atoms with E-state index in [4.69, 9.17) is 4.74 Å². The molecule has 0 aromatic carbocycles. The zero-order valence-electron chi connectivity index (χ0n) is 12.0. The molecule has 20 heavy (non-hydrogen) atoms. The number of pyridine rings is 1. The van der Waals surface area contributed by atoms with Gasteiger partial charge in [0.1, 0.15) is 5.78 Å². The van der Waals surface area contributed by atoms with Crippen LogP contribution in [0.3, 0.4) is 0 Å². The fourth-order valence-corrected chi connectivity index (χ4v) is 3.67. The van der Waals surface area contributed by atoms with Crippen LogP contribution < -0.4 is 0 Å². The first kappa shape index (κ1) is 13.7. The van der Waals surface area contributed by atoms with Crippen LogP contribution in [0.25, 0.3) is 0 Å². The van der Waals surface area contributed by atoms with E-state index < -0.39 is 0 Å². The Morgan fingerprint density at radius 1 is 1.35 bits per heavy atom. The van der Waals surface area contributed by atoms with E-state index in [9.17, 15) is 4.79 Å². The van der Waals surface area contributed by atoms with Gasteiger partial charge in [-0.05, 0) is 44.2 Å². The lowest BCUT2D eigenvalue weighted by molar-refractivity contribution is -0.136. The first-order valence-corrected chi connectivity index (χ1v) is 7.84. The fourth-order valence-electron chi connectivity index (χ4n) is 3.67. The van der Waals surface area contributed by atoms with Crippen LogP contribution in [0.1, 0.15) is 50.6 Å². The second kappa shape index (κ2) is 6.04. The van der Waals surface area contributed by atoms with E-state index in [0.29, 0.717) is 12.2 Å². The number of carbonyl (C=O) groups excluding carboxylic acids is 1. The van der Waals surface area contributed by atoms with Crippen LogP contribution in [-0.4, -0.2) is 23.0 Å². The molecule has 1 aliphatic heterocycles. The Morgan fingerprint density at radius 3 is 2.95 bits per heavy atom. The lowest BCUT2D eigenvalue weighted by Gasteiger charge is -2.37. The number of hydrogen-bond donors (Lipinski definition) is 0. The molecule has 1 spiro atoms. The van der Waals surface area contributed by atoms with Gasteiger partial charge in [-0.2, -0.15) is 0 Å². The van der Waals surface area contributed by atoms with Crippen LogP contribution in [0.5, 0.6) is 0 Å². The predicted molar refractivity (Wildman–Crippen MR) is 77.4 cm³/mol. The number of ketones is 1. The molecule has 1 atom stereocenters. The molecule has 1 saturated heterocycles. The SMILES string of the molecule is O=C(CCc1ccccn1)C1CCOC2(CCCC2)C1. The third-order valence-electron chi connectivity index (χ3n) is 4.82. The number of Topliss-reactive ketones (excluding diaryl/α,β-unsaturated/α-hetero) is 1. The summed E-state index contributed by atoms with van der Waals surface area (Å²) in [4.78, 5) is 16.7. The molecule has 1 aliphatic carbocycles. The molecule has 1 aromatic rings. The second-order valence-corrected chi connectivity index (χ2v) is 6.22. The topological polar surface area (TPSA) is 39.2 Å². The van der Waals surface area contributed by atoms with Gasteiger partial charge >= 0.3 is 0 Å². The summed E-state index contributed by atoms with van der Waals surface area (Å²) in [5.74, 6) is 0.621. The number of hydrogen-bond acceptors (Lipinski definition) is 3. The van der Waals surface area contributed by atoms with Crippen LogP contribution in [0.2, 0.25) is 0 Å². The number of aryl methyl sites for hydroxylation is 1. The highest BCUT2D eigenvalue weighted by Crippen LogP contribution is 2.42. The Morgan fingerprint density at radius 2 is 2.20 bits per heavy atom. The minimum absolute atomic E-state index is 0.0452. The van der Waals surface area contributed by atoms with E-state index in [2.05, 4.69) is 4.98 Å². The zero-order valence-corrected chi connectivity index (χ0v) is 12.0. The third-order valence-corrected chi connectivity index (χ3v) is 4.82. The van der Waals surface area contributed by atoms with Crippen molar-refractivity contribution in [1.82, 2.24) is 4.98 Å². The molecule has 0 bridgehead atoms. The van der Waals surface area contributed by atoms with Gasteiger partial charge in [-0.3, -0.25) is 9.78 Å². The highest BCUT2D eigenvalue weighted by atomic mass is 16.5. The fraction of sp³-hybridized carbons (Fsp3) is 0.647. The van der Waals surface area contributed by atoms with Crippen molar-refractivity contribution in [3.8, 4) is 0 Å². The molecule has 2 fully saturated rings. The van der Waals surface area contributed by atoms with Gasteiger partial charge in [0.05, 0.1) is 5.60 Å². The number of rotatable bonds is 4. The molecule has 0 N–H and O–H groups in total. The van der Waals surface area contributed by atoms with E-state index in [1.54, 1.807) is 6.20 Å². The highest BCUT2D eigenvalue weighted by molar-refractivity contribution is 5.81. The number of nitrogens with zero attached hydrogens (tertiary/aromatic N) is 1. The van der Waals surface area contributed by atoms with Crippen molar-refractivity contribution < 1.29 is 9.53 Å². The van der Waals surface area contributed by atoms with E-state index in [1.807, 2.05) is 18.2 Å². The van der Waals surface area contributed by atoms with Crippen molar-refractivity contribution in [1.29, 1.82) is 0 Å². The van der Waals surface area contributed by atoms with Gasteiger partial charge in [-0.25, -0.2) is 0 Å². The second-order valence-electron chi connectivity index (χ2n) is 6.22. The minimum Gasteiger partial charge on any atom is -0.375 e. The Labute approximate surface area is 120 Å². The molecule has 2 aliphatic rings. The monoisotopic (exact) mass is 273 g/mol. The molecular weight excluding hydrogens is 250 g/mol. The van der Waals surface area contributed by atoms with Gasteiger partial charge in [0.2, 0.25) is 0 Å². The summed E-state index contributed by atoms with van der Waals surface area (Å²) in [6.07, 6.45) is 9.86. The van der Waals surface area contributed by atoms with Crippen LogP contribution in [0.4, 0.5) is 0 Å². The van der Waals surface area contributed by atoms with E-state index >= 15 is 0 Å². The molecule has 1 saturated carbocycles. The lowest BCUT2D eigenvalue weighted by Crippen LogP contribution is -2.39. The van der Waals surface area contributed by atoms with Crippen molar-refractivity contribution >= 4 is 5.78 Å². The van der Waals surface area contributed by atoms with Crippen LogP contribution in [-0.2, 0) is 16.0 Å².